The van der Waals surface area contributed by atoms with E-state index < -0.39 is 54.6 Å². The molecule has 3 rings (SSSR count). The molecular formula is C30H43N3O10. The number of nitrogens with zero attached hydrogens (tertiary/aromatic N) is 3. The van der Waals surface area contributed by atoms with Gasteiger partial charge in [0.2, 0.25) is 6.10 Å². The summed E-state index contributed by atoms with van der Waals surface area (Å²) < 4.78 is 27.2. The molecule has 0 N–H and O–H groups in total. The van der Waals surface area contributed by atoms with Crippen molar-refractivity contribution in [2.45, 2.75) is 111 Å². The van der Waals surface area contributed by atoms with E-state index in [1.807, 2.05) is 0 Å². The highest BCUT2D eigenvalue weighted by atomic mass is 16.8. The van der Waals surface area contributed by atoms with Gasteiger partial charge in [0.05, 0.1) is 5.71 Å². The minimum absolute atomic E-state index is 0.342. The van der Waals surface area contributed by atoms with Crippen LogP contribution in [-0.4, -0.2) is 89.9 Å². The quantitative estimate of drug-likeness (QED) is 0.149. The second-order valence-electron chi connectivity index (χ2n) is 10.7. The highest BCUT2D eigenvalue weighted by Crippen LogP contribution is 2.30. The molecule has 2 aliphatic heterocycles. The minimum Gasteiger partial charge on any atom is -0.463 e. The van der Waals surface area contributed by atoms with Crippen molar-refractivity contribution >= 4 is 29.6 Å². The number of rotatable bonds is 12. The van der Waals surface area contributed by atoms with E-state index in [9.17, 15) is 19.2 Å². The van der Waals surface area contributed by atoms with E-state index in [-0.39, 0.29) is 6.61 Å². The maximum absolute atomic E-state index is 12.0. The van der Waals surface area contributed by atoms with Crippen LogP contribution in [0.5, 0.6) is 0 Å². The van der Waals surface area contributed by atoms with Gasteiger partial charge in [0, 0.05) is 71.6 Å². The fourth-order valence-corrected chi connectivity index (χ4v) is 5.20. The van der Waals surface area contributed by atoms with Crippen LogP contribution in [0.25, 0.3) is 0 Å². The van der Waals surface area contributed by atoms with Crippen molar-refractivity contribution in [1.82, 2.24) is 9.88 Å². The van der Waals surface area contributed by atoms with Crippen LogP contribution in [0.4, 0.5) is 0 Å². The Kier molecular flexibility index (Phi) is 12.4. The van der Waals surface area contributed by atoms with Gasteiger partial charge in [-0.05, 0) is 30.9 Å². The predicted octanol–water partition coefficient (Wildman–Crippen LogP) is 2.43. The molecule has 13 nitrogen and oxygen atoms in total. The molecule has 0 aromatic carbocycles. The van der Waals surface area contributed by atoms with Crippen molar-refractivity contribution in [2.75, 3.05) is 19.7 Å². The van der Waals surface area contributed by atoms with Crippen molar-refractivity contribution in [2.24, 2.45) is 5.16 Å². The highest BCUT2D eigenvalue weighted by Gasteiger charge is 2.53. The Hall–Kier alpha value is -3.58. The molecular weight excluding hydrogens is 562 g/mol. The molecule has 1 aromatic rings. The molecule has 0 saturated carbocycles. The molecule has 0 amide bonds. The van der Waals surface area contributed by atoms with Crippen molar-refractivity contribution < 1.29 is 47.7 Å². The number of ether oxygens (including phenoxy) is 5. The van der Waals surface area contributed by atoms with Gasteiger partial charge in [0.1, 0.15) is 12.7 Å². The first-order chi connectivity index (χ1) is 20.4. The lowest BCUT2D eigenvalue weighted by atomic mass is 9.98. The van der Waals surface area contributed by atoms with Crippen LogP contribution < -0.4 is 0 Å². The van der Waals surface area contributed by atoms with Crippen molar-refractivity contribution in [3.05, 3.63) is 28.6 Å². The van der Waals surface area contributed by atoms with E-state index in [0.29, 0.717) is 12.1 Å². The molecule has 43 heavy (non-hydrogen) atoms. The first-order valence-electron chi connectivity index (χ1n) is 14.6. The summed E-state index contributed by atoms with van der Waals surface area (Å²) >= 11 is 0. The van der Waals surface area contributed by atoms with Gasteiger partial charge in [-0.15, -0.1) is 0 Å². The standard InChI is InChI=1S/C30H43N3O10/c1-8-22-14-23-15-33(13-11-25(23)31-24(22)9-2)12-10-17(3)32-43-30-29(41-21(7)37)28(40-20(6)36)27(39-19(5)35)26(42-30)16-38-18(4)34/h14,26-30H,8-13,15-16H2,1-7H3/b32-17+/t26-,27-,28+,29-,30+/m1/s1. The normalized spacial score (nSPS) is 24.0. The lowest BCUT2D eigenvalue weighted by molar-refractivity contribution is -0.308. The summed E-state index contributed by atoms with van der Waals surface area (Å²) in [5.74, 6) is -2.74. The summed E-state index contributed by atoms with van der Waals surface area (Å²) in [7, 11) is 0. The Labute approximate surface area is 252 Å². The smallest absolute Gasteiger partial charge is 0.303 e. The number of fused-ring (bicyclic) bond motifs is 1. The molecule has 2 aliphatic rings. The molecule has 13 heteroatoms. The van der Waals surface area contributed by atoms with E-state index in [1.54, 1.807) is 6.92 Å². The molecule has 3 heterocycles. The lowest BCUT2D eigenvalue weighted by Crippen LogP contribution is -2.62. The molecule has 0 unspecified atom stereocenters. The van der Waals surface area contributed by atoms with Gasteiger partial charge in [-0.2, -0.15) is 0 Å². The second-order valence-corrected chi connectivity index (χ2v) is 10.7. The largest absolute Gasteiger partial charge is 0.463 e. The molecule has 1 saturated heterocycles. The van der Waals surface area contributed by atoms with Crippen LogP contribution in [0.1, 0.15) is 77.4 Å². The zero-order chi connectivity index (χ0) is 31.7. The molecule has 0 spiro atoms. The maximum atomic E-state index is 12.0. The van der Waals surface area contributed by atoms with Gasteiger partial charge >= 0.3 is 23.9 Å². The minimum atomic E-state index is -1.36. The first kappa shape index (κ1) is 33.9. The summed E-state index contributed by atoms with van der Waals surface area (Å²) in [6.07, 6.45) is -3.03. The van der Waals surface area contributed by atoms with Crippen LogP contribution in [0.2, 0.25) is 0 Å². The molecule has 0 radical (unpaired) electrons. The Bertz CT molecular complexity index is 1200. The fourth-order valence-electron chi connectivity index (χ4n) is 5.20. The van der Waals surface area contributed by atoms with E-state index in [4.69, 9.17) is 33.5 Å². The van der Waals surface area contributed by atoms with E-state index in [0.717, 1.165) is 52.7 Å². The summed E-state index contributed by atoms with van der Waals surface area (Å²) in [5.41, 5.74) is 5.54. The Morgan fingerprint density at radius 3 is 2.19 bits per heavy atom. The van der Waals surface area contributed by atoms with Gasteiger partial charge in [0.15, 0.2) is 12.2 Å². The molecule has 1 fully saturated rings. The van der Waals surface area contributed by atoms with Crippen LogP contribution in [0.3, 0.4) is 0 Å². The van der Waals surface area contributed by atoms with Crippen molar-refractivity contribution in [1.29, 1.82) is 0 Å². The number of esters is 4. The zero-order valence-electron chi connectivity index (χ0n) is 26.0. The summed E-state index contributed by atoms with van der Waals surface area (Å²) in [5, 5.41) is 4.22. The lowest BCUT2D eigenvalue weighted by Gasteiger charge is -2.43. The molecule has 1 aromatic heterocycles. The van der Waals surface area contributed by atoms with Crippen LogP contribution in [0, 0.1) is 0 Å². The van der Waals surface area contributed by atoms with E-state index in [1.165, 1.54) is 36.4 Å². The molecule has 5 atom stereocenters. The number of oxime groups is 1. The van der Waals surface area contributed by atoms with Crippen LogP contribution in [0.15, 0.2) is 11.2 Å². The average Bonchev–Trinajstić information content (AvgIpc) is 2.94. The fraction of sp³-hybridized carbons (Fsp3) is 0.667. The number of carbonyl (C=O) groups is 4. The predicted molar refractivity (Wildman–Crippen MR) is 153 cm³/mol. The third-order valence-corrected chi connectivity index (χ3v) is 7.18. The number of hydrogen-bond donors (Lipinski definition) is 0. The molecule has 0 aliphatic carbocycles. The van der Waals surface area contributed by atoms with Crippen LogP contribution >= 0.6 is 0 Å². The molecule has 0 bridgehead atoms. The first-order valence-corrected chi connectivity index (χ1v) is 14.6. The van der Waals surface area contributed by atoms with Gasteiger partial charge < -0.3 is 28.5 Å². The number of aryl methyl sites for hydroxylation is 2. The van der Waals surface area contributed by atoms with E-state index >= 15 is 0 Å². The number of pyridine rings is 1. The molecule has 238 valence electrons. The second kappa shape index (κ2) is 15.8. The number of carbonyl (C=O) groups excluding carboxylic acids is 4. The van der Waals surface area contributed by atoms with E-state index in [2.05, 4.69) is 30.0 Å². The zero-order valence-corrected chi connectivity index (χ0v) is 26.0. The van der Waals surface area contributed by atoms with Crippen LogP contribution in [-0.2, 0) is 73.5 Å². The third kappa shape index (κ3) is 9.72. The van der Waals surface area contributed by atoms with Gasteiger partial charge in [0.25, 0.3) is 6.29 Å². The van der Waals surface area contributed by atoms with Crippen molar-refractivity contribution in [3.8, 4) is 0 Å². The van der Waals surface area contributed by atoms with Crippen molar-refractivity contribution in [3.63, 3.8) is 0 Å². The van der Waals surface area contributed by atoms with Gasteiger partial charge in [-0.25, -0.2) is 0 Å². The third-order valence-electron chi connectivity index (χ3n) is 7.18. The highest BCUT2D eigenvalue weighted by molar-refractivity contribution is 5.81. The maximum Gasteiger partial charge on any atom is 0.303 e. The average molecular weight is 606 g/mol. The monoisotopic (exact) mass is 605 g/mol. The summed E-state index contributed by atoms with van der Waals surface area (Å²) in [6.45, 7) is 12.8. The van der Waals surface area contributed by atoms with Gasteiger partial charge in [-0.3, -0.25) is 29.1 Å². The summed E-state index contributed by atoms with van der Waals surface area (Å²) in [6, 6.07) is 2.28. The Morgan fingerprint density at radius 2 is 1.58 bits per heavy atom. The SMILES string of the molecule is CCc1cc2c(nc1CC)CCN(CC/C(C)=N/O[C@@H]1O[C@H](COC(C)=O)[C@@H](OC(C)=O)[C@H](OC(C)=O)[C@H]1OC(C)=O)C2. The van der Waals surface area contributed by atoms with Gasteiger partial charge in [-0.1, -0.05) is 25.1 Å². The Morgan fingerprint density at radius 1 is 0.930 bits per heavy atom. The topological polar surface area (TPSA) is 152 Å². The Balaban J connectivity index is 1.74. The number of hydrogen-bond acceptors (Lipinski definition) is 13. The number of aromatic nitrogens is 1. The summed E-state index contributed by atoms with van der Waals surface area (Å²) in [4.78, 5) is 60.3.